The number of methoxy groups -OCH3 is 1. The highest BCUT2D eigenvalue weighted by Crippen LogP contribution is 2.45. The van der Waals surface area contributed by atoms with E-state index in [1.807, 2.05) is 30.3 Å². The first kappa shape index (κ1) is 28.7. The normalized spacial score (nSPS) is 25.5. The van der Waals surface area contributed by atoms with Crippen molar-refractivity contribution in [3.8, 4) is 17.3 Å². The van der Waals surface area contributed by atoms with Gasteiger partial charge in [-0.25, -0.2) is 17.9 Å². The van der Waals surface area contributed by atoms with E-state index in [9.17, 15) is 18.4 Å². The summed E-state index contributed by atoms with van der Waals surface area (Å²) in [6, 6.07) is 17.5. The molecule has 0 saturated carbocycles. The molecule has 6 rings (SSSR count). The van der Waals surface area contributed by atoms with Gasteiger partial charge in [0, 0.05) is 28.2 Å². The molecule has 0 amide bonds. The zero-order chi connectivity index (χ0) is 29.4. The fraction of sp³-hybridized carbons (Fsp3) is 0.276. The molecule has 2 aliphatic heterocycles. The predicted octanol–water partition coefficient (Wildman–Crippen LogP) is 6.07. The maximum absolute atomic E-state index is 14.0. The molecule has 2 saturated heterocycles. The Balaban J connectivity index is 1.39. The Kier molecular flexibility index (Phi) is 8.22. The van der Waals surface area contributed by atoms with Crippen molar-refractivity contribution in [2.24, 2.45) is 0 Å². The molecule has 42 heavy (non-hydrogen) atoms. The van der Waals surface area contributed by atoms with Crippen LogP contribution in [-0.2, 0) is 18.9 Å². The van der Waals surface area contributed by atoms with E-state index >= 15 is 0 Å². The third-order valence-corrected chi connectivity index (χ3v) is 8.49. The Morgan fingerprint density at radius 2 is 1.83 bits per heavy atom. The zero-order valence-electron chi connectivity index (χ0n) is 21.9. The molecule has 216 valence electrons. The van der Waals surface area contributed by atoms with Crippen molar-refractivity contribution in [2.45, 2.75) is 41.0 Å². The van der Waals surface area contributed by atoms with Crippen LogP contribution in [0, 0.1) is 28.8 Å². The zero-order valence-corrected chi connectivity index (χ0v) is 23.4. The van der Waals surface area contributed by atoms with Crippen molar-refractivity contribution < 1.29 is 32.1 Å². The molecule has 8 nitrogen and oxygen atoms in total. The Morgan fingerprint density at radius 3 is 2.55 bits per heavy atom. The summed E-state index contributed by atoms with van der Waals surface area (Å²) in [7, 11) is 1.51. The van der Waals surface area contributed by atoms with Gasteiger partial charge in [0.2, 0.25) is 0 Å². The van der Waals surface area contributed by atoms with E-state index in [1.165, 1.54) is 29.8 Å². The number of fused-ring (bicyclic) bond motifs is 1. The van der Waals surface area contributed by atoms with E-state index in [1.54, 1.807) is 18.2 Å². The second kappa shape index (κ2) is 12.0. The first-order chi connectivity index (χ1) is 20.4. The Morgan fingerprint density at radius 1 is 1.07 bits per heavy atom. The first-order valence-corrected chi connectivity index (χ1v) is 14.1. The summed E-state index contributed by atoms with van der Waals surface area (Å²) >= 11 is 7.49. The summed E-state index contributed by atoms with van der Waals surface area (Å²) in [4.78, 5) is 0.589. The second-order valence-corrected chi connectivity index (χ2v) is 11.2. The first-order valence-electron chi connectivity index (χ1n) is 12.8. The highest BCUT2D eigenvalue weighted by Gasteiger charge is 2.52. The molecule has 3 heterocycles. The summed E-state index contributed by atoms with van der Waals surface area (Å²) in [6.07, 6.45) is -1.17. The van der Waals surface area contributed by atoms with Gasteiger partial charge in [0.1, 0.15) is 41.6 Å². The molecule has 2 aliphatic rings. The standard InChI is InChI=1S/C29H22ClF3N4O4S/c1-38-27-25(37-13-21(35-36-37)17-9-19(31)24(33)20(32)10-17)26-22(14-39-28(41-26)15-5-3-2-4-6-15)40-29(27)42-23-11-18(30)8-7-16(23)12-34/h2-11,13,22,25-29H,14H2,1H3/t22?,25?,26-,27?,28?,29+/m0/s1. The summed E-state index contributed by atoms with van der Waals surface area (Å²) < 4.78 is 68.0. The molecule has 0 N–H and O–H groups in total. The summed E-state index contributed by atoms with van der Waals surface area (Å²) in [5.74, 6) is -4.26. The highest BCUT2D eigenvalue weighted by molar-refractivity contribution is 7.99. The number of thioether (sulfide) groups is 1. The third kappa shape index (κ3) is 5.51. The lowest BCUT2D eigenvalue weighted by Crippen LogP contribution is -2.59. The molecule has 4 aromatic rings. The van der Waals surface area contributed by atoms with Gasteiger partial charge in [-0.1, -0.05) is 58.9 Å². The summed E-state index contributed by atoms with van der Waals surface area (Å²) in [5.41, 5.74) is 0.650. The highest BCUT2D eigenvalue weighted by atomic mass is 35.5. The fourth-order valence-corrected chi connectivity index (χ4v) is 6.59. The number of aromatic nitrogens is 3. The molecular formula is C29H22ClF3N4O4S. The largest absolute Gasteiger partial charge is 0.375 e. The van der Waals surface area contributed by atoms with Crippen LogP contribution in [0.4, 0.5) is 13.2 Å². The van der Waals surface area contributed by atoms with E-state index in [4.69, 9.17) is 30.5 Å². The van der Waals surface area contributed by atoms with E-state index in [2.05, 4.69) is 16.4 Å². The summed E-state index contributed by atoms with van der Waals surface area (Å²) in [5, 5.41) is 18.5. The molecule has 6 atom stereocenters. The molecule has 0 aliphatic carbocycles. The summed E-state index contributed by atoms with van der Waals surface area (Å²) in [6.45, 7) is 0.171. The van der Waals surface area contributed by atoms with Crippen molar-refractivity contribution in [2.75, 3.05) is 13.7 Å². The number of benzene rings is 3. The van der Waals surface area contributed by atoms with Crippen molar-refractivity contribution in [3.63, 3.8) is 0 Å². The lowest BCUT2D eigenvalue weighted by molar-refractivity contribution is -0.308. The molecule has 0 radical (unpaired) electrons. The molecule has 2 fully saturated rings. The molecular weight excluding hydrogens is 593 g/mol. The van der Waals surface area contributed by atoms with Crippen molar-refractivity contribution in [3.05, 3.63) is 100 Å². The average molecular weight is 615 g/mol. The topological polar surface area (TPSA) is 91.4 Å². The average Bonchev–Trinajstić information content (AvgIpc) is 3.49. The maximum atomic E-state index is 14.0. The van der Waals surface area contributed by atoms with Crippen LogP contribution in [0.2, 0.25) is 5.02 Å². The minimum atomic E-state index is -1.57. The van der Waals surface area contributed by atoms with Gasteiger partial charge < -0.3 is 18.9 Å². The lowest BCUT2D eigenvalue weighted by Gasteiger charge is -2.48. The molecule has 1 aromatic heterocycles. The van der Waals surface area contributed by atoms with Crippen LogP contribution in [0.1, 0.15) is 23.5 Å². The van der Waals surface area contributed by atoms with Gasteiger partial charge in [-0.2, -0.15) is 5.26 Å². The number of nitrogens with zero attached hydrogens (tertiary/aromatic N) is 4. The number of halogens is 4. The van der Waals surface area contributed by atoms with Gasteiger partial charge >= 0.3 is 0 Å². The van der Waals surface area contributed by atoms with E-state index in [-0.39, 0.29) is 17.9 Å². The number of rotatable bonds is 6. The van der Waals surface area contributed by atoms with Gasteiger partial charge in [0.05, 0.1) is 18.4 Å². The molecule has 13 heteroatoms. The van der Waals surface area contributed by atoms with Crippen LogP contribution in [0.15, 0.2) is 71.8 Å². The van der Waals surface area contributed by atoms with Crippen LogP contribution < -0.4 is 0 Å². The van der Waals surface area contributed by atoms with Gasteiger partial charge in [-0.05, 0) is 30.3 Å². The van der Waals surface area contributed by atoms with Gasteiger partial charge in [-0.3, -0.25) is 0 Å². The smallest absolute Gasteiger partial charge is 0.194 e. The van der Waals surface area contributed by atoms with E-state index in [0.29, 0.717) is 15.5 Å². The minimum absolute atomic E-state index is 0.00815. The predicted molar refractivity (Wildman–Crippen MR) is 146 cm³/mol. The Labute approximate surface area is 247 Å². The van der Waals surface area contributed by atoms with Crippen molar-refractivity contribution in [1.82, 2.24) is 15.0 Å². The third-order valence-electron chi connectivity index (χ3n) is 7.06. The van der Waals surface area contributed by atoms with E-state index < -0.39 is 53.5 Å². The number of hydrogen-bond acceptors (Lipinski definition) is 8. The van der Waals surface area contributed by atoms with Crippen molar-refractivity contribution in [1.29, 1.82) is 5.26 Å². The lowest BCUT2D eigenvalue weighted by atomic mass is 9.95. The quantitative estimate of drug-likeness (QED) is 0.242. The molecule has 4 unspecified atom stereocenters. The Bertz CT molecular complexity index is 1620. The van der Waals surface area contributed by atoms with Crippen LogP contribution >= 0.6 is 23.4 Å². The van der Waals surface area contributed by atoms with Gasteiger partial charge in [-0.15, -0.1) is 5.10 Å². The maximum Gasteiger partial charge on any atom is 0.194 e. The SMILES string of the molecule is COC1C(n2cc(-c3cc(F)c(F)c(F)c3)nn2)[C@H]2OC(c3ccccc3)OCC2O[C@@H]1Sc1cc(Cl)ccc1C#N. The second-order valence-electron chi connectivity index (χ2n) is 9.62. The van der Waals surface area contributed by atoms with Crippen LogP contribution in [0.3, 0.4) is 0 Å². The molecule has 0 spiro atoms. The minimum Gasteiger partial charge on any atom is -0.375 e. The monoisotopic (exact) mass is 614 g/mol. The molecule has 0 bridgehead atoms. The Hall–Kier alpha value is -3.44. The number of ether oxygens (including phenoxy) is 4. The number of nitriles is 1. The van der Waals surface area contributed by atoms with Crippen molar-refractivity contribution >= 4 is 23.4 Å². The molecule has 3 aromatic carbocycles. The number of hydrogen-bond donors (Lipinski definition) is 0. The van der Waals surface area contributed by atoms with E-state index in [0.717, 1.165) is 17.7 Å². The van der Waals surface area contributed by atoms with Crippen LogP contribution in [0.5, 0.6) is 0 Å². The fourth-order valence-electron chi connectivity index (χ4n) is 5.06. The van der Waals surface area contributed by atoms with Gasteiger partial charge in [0.25, 0.3) is 0 Å². The van der Waals surface area contributed by atoms with Gasteiger partial charge in [0.15, 0.2) is 23.7 Å². The van der Waals surface area contributed by atoms with Crippen LogP contribution in [0.25, 0.3) is 11.3 Å². The van der Waals surface area contributed by atoms with Crippen LogP contribution in [-0.4, -0.2) is 52.5 Å².